The van der Waals surface area contributed by atoms with Crippen molar-refractivity contribution >= 4 is 5.82 Å². The normalized spacial score (nSPS) is 11.1. The summed E-state index contributed by atoms with van der Waals surface area (Å²) in [6.07, 6.45) is 16.3. The van der Waals surface area contributed by atoms with E-state index >= 15 is 0 Å². The summed E-state index contributed by atoms with van der Waals surface area (Å²) in [5.41, 5.74) is 7.79. The van der Waals surface area contributed by atoms with Crippen molar-refractivity contribution in [2.24, 2.45) is 7.05 Å². The van der Waals surface area contributed by atoms with E-state index < -0.39 is 0 Å². The van der Waals surface area contributed by atoms with Crippen LogP contribution in [0.4, 0.5) is 5.82 Å². The summed E-state index contributed by atoms with van der Waals surface area (Å²) in [6, 6.07) is 9.97. The molecule has 28 heavy (non-hydrogen) atoms. The molecule has 0 fully saturated rings. The van der Waals surface area contributed by atoms with Gasteiger partial charge in [-0.15, -0.1) is 0 Å². The molecule has 156 valence electrons. The fraction of sp³-hybridized carbons (Fsp3) is 0.625. The third-order valence-electron chi connectivity index (χ3n) is 5.33. The van der Waals surface area contributed by atoms with Crippen LogP contribution in [0.15, 0.2) is 30.3 Å². The van der Waals surface area contributed by atoms with Crippen LogP contribution >= 0.6 is 0 Å². The molecule has 0 saturated heterocycles. The molecule has 0 aliphatic rings. The summed E-state index contributed by atoms with van der Waals surface area (Å²) in [4.78, 5) is 0. The van der Waals surface area contributed by atoms with Crippen LogP contribution in [0.1, 0.15) is 84.0 Å². The molecule has 0 radical (unpaired) electrons. The van der Waals surface area contributed by atoms with Crippen LogP contribution in [-0.2, 0) is 7.05 Å². The van der Waals surface area contributed by atoms with E-state index in [2.05, 4.69) is 12.0 Å². The number of rotatable bonds is 15. The summed E-state index contributed by atoms with van der Waals surface area (Å²) in [5.74, 6) is 1.55. The van der Waals surface area contributed by atoms with Gasteiger partial charge in [-0.05, 0) is 18.6 Å². The highest BCUT2D eigenvalue weighted by Crippen LogP contribution is 2.30. The smallest absolute Gasteiger partial charge is 0.128 e. The molecule has 0 unspecified atom stereocenters. The topological polar surface area (TPSA) is 53.1 Å². The molecule has 1 aromatic carbocycles. The van der Waals surface area contributed by atoms with Gasteiger partial charge in [0, 0.05) is 18.7 Å². The molecule has 2 aromatic rings. The van der Waals surface area contributed by atoms with Crippen LogP contribution in [0.25, 0.3) is 11.3 Å². The van der Waals surface area contributed by atoms with Gasteiger partial charge in [0.25, 0.3) is 0 Å². The third-order valence-corrected chi connectivity index (χ3v) is 5.33. The van der Waals surface area contributed by atoms with Gasteiger partial charge in [0.05, 0.1) is 12.3 Å². The maximum Gasteiger partial charge on any atom is 0.128 e. The lowest BCUT2D eigenvalue weighted by atomic mass is 10.1. The molecule has 0 spiro atoms. The molecule has 0 amide bonds. The quantitative estimate of drug-likeness (QED) is 0.345. The third kappa shape index (κ3) is 7.95. The molecule has 1 aromatic heterocycles. The van der Waals surface area contributed by atoms with E-state index in [1.807, 2.05) is 37.4 Å². The molecule has 1 heterocycles. The monoisotopic (exact) mass is 385 g/mol. The minimum atomic E-state index is 0.658. The number of benzene rings is 1. The van der Waals surface area contributed by atoms with Crippen LogP contribution in [0, 0.1) is 0 Å². The molecule has 0 atom stereocenters. The van der Waals surface area contributed by atoms with Crippen LogP contribution < -0.4 is 10.5 Å². The predicted molar refractivity (Wildman–Crippen MR) is 120 cm³/mol. The largest absolute Gasteiger partial charge is 0.493 e. The van der Waals surface area contributed by atoms with Gasteiger partial charge in [0.15, 0.2) is 0 Å². The number of hydrogen-bond acceptors (Lipinski definition) is 3. The van der Waals surface area contributed by atoms with E-state index in [0.29, 0.717) is 5.82 Å². The van der Waals surface area contributed by atoms with Gasteiger partial charge in [-0.3, -0.25) is 4.68 Å². The molecule has 2 N–H and O–H groups in total. The second-order valence-electron chi connectivity index (χ2n) is 7.81. The second-order valence-corrected chi connectivity index (χ2v) is 7.81. The SMILES string of the molecule is CCCCCCCCCCCCCCOc1ccccc1-c1cc(N)n(C)n1. The number of anilines is 1. The van der Waals surface area contributed by atoms with E-state index in [9.17, 15) is 0 Å². The Morgan fingerprint density at radius 1 is 0.857 bits per heavy atom. The van der Waals surface area contributed by atoms with Crippen LogP contribution in [0.2, 0.25) is 0 Å². The Kier molecular flexibility index (Phi) is 10.6. The first kappa shape index (κ1) is 22.3. The average Bonchev–Trinajstić information content (AvgIpc) is 3.04. The van der Waals surface area contributed by atoms with Crippen LogP contribution in [-0.4, -0.2) is 16.4 Å². The standard InChI is InChI=1S/C24H39N3O/c1-3-4-5-6-7-8-9-10-11-12-13-16-19-28-23-18-15-14-17-21(23)22-20-24(25)27(2)26-22/h14-15,17-18,20H,3-13,16,19,25H2,1-2H3. The first-order valence-electron chi connectivity index (χ1n) is 11.2. The summed E-state index contributed by atoms with van der Waals surface area (Å²) >= 11 is 0. The lowest BCUT2D eigenvalue weighted by Gasteiger charge is -2.10. The molecule has 0 bridgehead atoms. The van der Waals surface area contributed by atoms with Gasteiger partial charge in [-0.2, -0.15) is 5.10 Å². The van der Waals surface area contributed by atoms with Gasteiger partial charge < -0.3 is 10.5 Å². The van der Waals surface area contributed by atoms with E-state index in [1.165, 1.54) is 70.6 Å². The van der Waals surface area contributed by atoms with E-state index in [-0.39, 0.29) is 0 Å². The summed E-state index contributed by atoms with van der Waals surface area (Å²) in [6.45, 7) is 3.04. The highest BCUT2D eigenvalue weighted by molar-refractivity contribution is 5.69. The molecule has 4 nitrogen and oxygen atoms in total. The number of unbranched alkanes of at least 4 members (excludes halogenated alkanes) is 11. The minimum Gasteiger partial charge on any atom is -0.493 e. The zero-order valence-electron chi connectivity index (χ0n) is 18.0. The number of nitrogen functional groups attached to an aromatic ring is 1. The van der Waals surface area contributed by atoms with Crippen molar-refractivity contribution in [1.29, 1.82) is 0 Å². The number of para-hydroxylation sites is 1. The lowest BCUT2D eigenvalue weighted by molar-refractivity contribution is 0.305. The molecular weight excluding hydrogens is 346 g/mol. The van der Waals surface area contributed by atoms with Crippen molar-refractivity contribution in [3.63, 3.8) is 0 Å². The van der Waals surface area contributed by atoms with Crippen molar-refractivity contribution in [1.82, 2.24) is 9.78 Å². The first-order chi connectivity index (χ1) is 13.7. The molecule has 2 rings (SSSR count). The number of nitrogens with zero attached hydrogens (tertiary/aromatic N) is 2. The Morgan fingerprint density at radius 3 is 2.00 bits per heavy atom. The molecule has 0 aliphatic heterocycles. The van der Waals surface area contributed by atoms with E-state index in [0.717, 1.165) is 30.0 Å². The van der Waals surface area contributed by atoms with E-state index in [1.54, 1.807) is 4.68 Å². The van der Waals surface area contributed by atoms with Crippen LogP contribution in [0.3, 0.4) is 0 Å². The van der Waals surface area contributed by atoms with Gasteiger partial charge >= 0.3 is 0 Å². The molecule has 4 heteroatoms. The lowest BCUT2D eigenvalue weighted by Crippen LogP contribution is -1.99. The number of hydrogen-bond donors (Lipinski definition) is 1. The summed E-state index contributed by atoms with van der Waals surface area (Å²) < 4.78 is 7.73. The number of nitrogens with two attached hydrogens (primary N) is 1. The number of aryl methyl sites for hydroxylation is 1. The van der Waals surface area contributed by atoms with Gasteiger partial charge in [0.1, 0.15) is 11.6 Å². The van der Waals surface area contributed by atoms with Gasteiger partial charge in [-0.25, -0.2) is 0 Å². The van der Waals surface area contributed by atoms with Crippen molar-refractivity contribution in [2.45, 2.75) is 84.0 Å². The fourth-order valence-electron chi connectivity index (χ4n) is 3.54. The Bertz CT molecular complexity index is 646. The first-order valence-corrected chi connectivity index (χ1v) is 11.2. The van der Waals surface area contributed by atoms with Crippen molar-refractivity contribution in [3.8, 4) is 17.0 Å². The maximum absolute atomic E-state index is 6.04. The van der Waals surface area contributed by atoms with Crippen molar-refractivity contribution in [3.05, 3.63) is 30.3 Å². The Hall–Kier alpha value is -1.97. The Balaban J connectivity index is 1.56. The Labute approximate surface area is 171 Å². The molecule has 0 saturated carbocycles. The second kappa shape index (κ2) is 13.2. The number of aromatic nitrogens is 2. The summed E-state index contributed by atoms with van der Waals surface area (Å²) in [5, 5.41) is 4.47. The number of ether oxygens (including phenoxy) is 1. The summed E-state index contributed by atoms with van der Waals surface area (Å²) in [7, 11) is 1.86. The van der Waals surface area contributed by atoms with Gasteiger partial charge in [-0.1, -0.05) is 89.7 Å². The van der Waals surface area contributed by atoms with Crippen molar-refractivity contribution < 1.29 is 4.74 Å². The zero-order valence-corrected chi connectivity index (χ0v) is 18.0. The highest BCUT2D eigenvalue weighted by Gasteiger charge is 2.10. The molecule has 0 aliphatic carbocycles. The molecular formula is C24H39N3O. The van der Waals surface area contributed by atoms with E-state index in [4.69, 9.17) is 10.5 Å². The average molecular weight is 386 g/mol. The van der Waals surface area contributed by atoms with Crippen molar-refractivity contribution in [2.75, 3.05) is 12.3 Å². The Morgan fingerprint density at radius 2 is 1.43 bits per heavy atom. The van der Waals surface area contributed by atoms with Crippen LogP contribution in [0.5, 0.6) is 5.75 Å². The highest BCUT2D eigenvalue weighted by atomic mass is 16.5. The zero-order chi connectivity index (χ0) is 20.0. The maximum atomic E-state index is 6.04. The minimum absolute atomic E-state index is 0.658. The van der Waals surface area contributed by atoms with Gasteiger partial charge in [0.2, 0.25) is 0 Å². The predicted octanol–water partition coefficient (Wildman–Crippen LogP) is 6.75. The fourth-order valence-corrected chi connectivity index (χ4v) is 3.54.